The van der Waals surface area contributed by atoms with Gasteiger partial charge in [-0.15, -0.1) is 0 Å². The van der Waals surface area contributed by atoms with Gasteiger partial charge in [0.2, 0.25) is 5.91 Å². The molecule has 1 aliphatic rings. The highest BCUT2D eigenvalue weighted by Crippen LogP contribution is 2.28. The molecule has 2 N–H and O–H groups in total. The maximum absolute atomic E-state index is 12.5. The van der Waals surface area contributed by atoms with Gasteiger partial charge in [-0.05, 0) is 49.9 Å². The third kappa shape index (κ3) is 3.22. The number of aliphatic hydroxyl groups excluding tert-OH is 1. The van der Waals surface area contributed by atoms with Gasteiger partial charge in [0.15, 0.2) is 0 Å². The third-order valence-corrected chi connectivity index (χ3v) is 5.24. The van der Waals surface area contributed by atoms with Gasteiger partial charge in [-0.1, -0.05) is 24.3 Å². The van der Waals surface area contributed by atoms with E-state index in [0.717, 1.165) is 41.0 Å². The molecule has 1 aromatic heterocycles. The number of hydrogen-bond donors (Lipinski definition) is 2. The van der Waals surface area contributed by atoms with E-state index in [1.54, 1.807) is 0 Å². The largest absolute Gasteiger partial charge is 0.393 e. The van der Waals surface area contributed by atoms with Crippen LogP contribution in [0.2, 0.25) is 0 Å². The lowest BCUT2D eigenvalue weighted by molar-refractivity contribution is -0.121. The number of aliphatic hydroxyl groups is 1. The van der Waals surface area contributed by atoms with E-state index in [4.69, 9.17) is 4.98 Å². The minimum absolute atomic E-state index is 0.0159. The lowest BCUT2D eigenvalue weighted by Gasteiger charge is -2.24. The number of aryl methyl sites for hydroxylation is 1. The number of hydrogen-bond acceptors (Lipinski definition) is 3. The molecule has 1 heterocycles. The Labute approximate surface area is 152 Å². The molecule has 0 radical (unpaired) electrons. The lowest BCUT2D eigenvalue weighted by atomic mass is 9.87. The maximum atomic E-state index is 12.5. The Morgan fingerprint density at radius 3 is 2.65 bits per heavy atom. The summed E-state index contributed by atoms with van der Waals surface area (Å²) in [5, 5.41) is 12.6. The minimum Gasteiger partial charge on any atom is -0.393 e. The number of nitrogens with zero attached hydrogens (tertiary/aromatic N) is 2. The smallest absolute Gasteiger partial charge is 0.227 e. The number of nitrogens with one attached hydrogen (secondary N) is 1. The summed E-state index contributed by atoms with van der Waals surface area (Å²) >= 11 is 0. The minimum atomic E-state index is -0.250. The van der Waals surface area contributed by atoms with E-state index < -0.39 is 0 Å². The van der Waals surface area contributed by atoms with Gasteiger partial charge in [0.1, 0.15) is 5.82 Å². The van der Waals surface area contributed by atoms with Gasteiger partial charge in [0.25, 0.3) is 0 Å². The summed E-state index contributed by atoms with van der Waals surface area (Å²) in [6.07, 6.45) is 2.66. The summed E-state index contributed by atoms with van der Waals surface area (Å²) in [5.74, 6) is 0.903. The number of aromatic nitrogens is 2. The van der Waals surface area contributed by atoms with Crippen molar-refractivity contribution in [1.29, 1.82) is 0 Å². The second-order valence-electron chi connectivity index (χ2n) is 7.06. The van der Waals surface area contributed by atoms with Crippen LogP contribution in [0.1, 0.15) is 25.7 Å². The Bertz CT molecular complexity index is 939. The number of benzene rings is 2. The maximum Gasteiger partial charge on any atom is 0.227 e. The Balaban J connectivity index is 1.56. The third-order valence-electron chi connectivity index (χ3n) is 5.24. The number of carbonyl (C=O) groups is 1. The van der Waals surface area contributed by atoms with Crippen molar-refractivity contribution < 1.29 is 9.90 Å². The van der Waals surface area contributed by atoms with Crippen molar-refractivity contribution in [3.63, 3.8) is 0 Å². The number of carbonyl (C=O) groups excluding carboxylic acids is 1. The van der Waals surface area contributed by atoms with Gasteiger partial charge in [0, 0.05) is 24.2 Å². The lowest BCUT2D eigenvalue weighted by Crippen LogP contribution is -2.28. The average Bonchev–Trinajstić information content (AvgIpc) is 3.00. The fourth-order valence-electron chi connectivity index (χ4n) is 3.72. The Morgan fingerprint density at radius 2 is 1.88 bits per heavy atom. The zero-order valence-electron chi connectivity index (χ0n) is 14.9. The Kier molecular flexibility index (Phi) is 4.47. The standard InChI is InChI=1S/C21H23N3O2/c1-24-19-8-3-2-7-18(19)23-20(24)15-5-4-6-16(13-15)22-21(26)14-9-11-17(25)12-10-14/h2-8,13-14,17,25H,9-12H2,1H3,(H,22,26). The molecule has 0 unspecified atom stereocenters. The second-order valence-corrected chi connectivity index (χ2v) is 7.06. The van der Waals surface area contributed by atoms with Crippen molar-refractivity contribution in [2.75, 3.05) is 5.32 Å². The van der Waals surface area contributed by atoms with Crippen LogP contribution in [-0.4, -0.2) is 26.7 Å². The Morgan fingerprint density at radius 1 is 1.12 bits per heavy atom. The molecule has 2 aromatic carbocycles. The average molecular weight is 349 g/mol. The van der Waals surface area contributed by atoms with E-state index >= 15 is 0 Å². The summed E-state index contributed by atoms with van der Waals surface area (Å²) in [5.41, 5.74) is 3.80. The summed E-state index contributed by atoms with van der Waals surface area (Å²) < 4.78 is 2.07. The summed E-state index contributed by atoms with van der Waals surface area (Å²) in [6, 6.07) is 15.9. The molecule has 5 nitrogen and oxygen atoms in total. The molecular formula is C21H23N3O2. The predicted octanol–water partition coefficient (Wildman–Crippen LogP) is 3.73. The van der Waals surface area contributed by atoms with Crippen molar-refractivity contribution in [1.82, 2.24) is 9.55 Å². The van der Waals surface area contributed by atoms with Gasteiger partial charge in [-0.3, -0.25) is 4.79 Å². The highest BCUT2D eigenvalue weighted by atomic mass is 16.3. The molecule has 0 saturated heterocycles. The van der Waals surface area contributed by atoms with E-state index in [9.17, 15) is 9.90 Å². The van der Waals surface area contributed by atoms with Crippen molar-refractivity contribution in [2.24, 2.45) is 13.0 Å². The van der Waals surface area contributed by atoms with E-state index in [2.05, 4.69) is 16.0 Å². The first kappa shape index (κ1) is 16.8. The number of imidazole rings is 1. The molecule has 1 saturated carbocycles. The van der Waals surface area contributed by atoms with Crippen molar-refractivity contribution in [3.05, 3.63) is 48.5 Å². The zero-order valence-corrected chi connectivity index (χ0v) is 14.9. The molecule has 26 heavy (non-hydrogen) atoms. The first-order chi connectivity index (χ1) is 12.6. The topological polar surface area (TPSA) is 67.2 Å². The van der Waals surface area contributed by atoms with Crippen LogP contribution in [0, 0.1) is 5.92 Å². The van der Waals surface area contributed by atoms with Gasteiger partial charge < -0.3 is 15.0 Å². The van der Waals surface area contributed by atoms with Gasteiger partial charge in [0.05, 0.1) is 17.1 Å². The molecule has 0 spiro atoms. The summed E-state index contributed by atoms with van der Waals surface area (Å²) in [7, 11) is 2.00. The quantitative estimate of drug-likeness (QED) is 0.757. The fraction of sp³-hybridized carbons (Fsp3) is 0.333. The van der Waals surface area contributed by atoms with E-state index in [1.807, 2.05) is 49.5 Å². The van der Waals surface area contributed by atoms with Crippen molar-refractivity contribution in [3.8, 4) is 11.4 Å². The normalized spacial score (nSPS) is 20.2. The van der Waals surface area contributed by atoms with Crippen LogP contribution in [0.5, 0.6) is 0 Å². The van der Waals surface area contributed by atoms with Crippen LogP contribution in [0.4, 0.5) is 5.69 Å². The van der Waals surface area contributed by atoms with Crippen molar-refractivity contribution >= 4 is 22.6 Å². The summed E-state index contributed by atoms with van der Waals surface area (Å²) in [4.78, 5) is 17.2. The van der Waals surface area contributed by atoms with E-state index in [-0.39, 0.29) is 17.9 Å². The fourth-order valence-corrected chi connectivity index (χ4v) is 3.72. The van der Waals surface area contributed by atoms with Crippen molar-refractivity contribution in [2.45, 2.75) is 31.8 Å². The first-order valence-electron chi connectivity index (χ1n) is 9.12. The van der Waals surface area contributed by atoms with Crippen LogP contribution in [0.15, 0.2) is 48.5 Å². The second kappa shape index (κ2) is 6.92. The van der Waals surface area contributed by atoms with Crippen LogP contribution in [-0.2, 0) is 11.8 Å². The molecule has 1 fully saturated rings. The summed E-state index contributed by atoms with van der Waals surface area (Å²) in [6.45, 7) is 0. The van der Waals surface area contributed by atoms with Crippen LogP contribution in [0.3, 0.4) is 0 Å². The predicted molar refractivity (Wildman–Crippen MR) is 103 cm³/mol. The highest BCUT2D eigenvalue weighted by molar-refractivity contribution is 5.93. The first-order valence-corrected chi connectivity index (χ1v) is 9.12. The van der Waals surface area contributed by atoms with E-state index in [0.29, 0.717) is 12.8 Å². The monoisotopic (exact) mass is 349 g/mol. The zero-order chi connectivity index (χ0) is 18.1. The molecular weight excluding hydrogens is 326 g/mol. The van der Waals surface area contributed by atoms with E-state index in [1.165, 1.54) is 0 Å². The van der Waals surface area contributed by atoms with Gasteiger partial charge >= 0.3 is 0 Å². The number of fused-ring (bicyclic) bond motifs is 1. The molecule has 1 amide bonds. The molecule has 134 valence electrons. The molecule has 0 atom stereocenters. The van der Waals surface area contributed by atoms with Gasteiger partial charge in [-0.2, -0.15) is 0 Å². The number of rotatable bonds is 3. The molecule has 3 aromatic rings. The van der Waals surface area contributed by atoms with Gasteiger partial charge in [-0.25, -0.2) is 4.98 Å². The van der Waals surface area contributed by atoms with Crippen LogP contribution in [0.25, 0.3) is 22.4 Å². The Hall–Kier alpha value is -2.66. The molecule has 5 heteroatoms. The van der Waals surface area contributed by atoms with Crippen LogP contribution < -0.4 is 5.32 Å². The van der Waals surface area contributed by atoms with Crippen LogP contribution >= 0.6 is 0 Å². The SMILES string of the molecule is Cn1c(-c2cccc(NC(=O)C3CCC(O)CC3)c2)nc2ccccc21. The number of anilines is 1. The highest BCUT2D eigenvalue weighted by Gasteiger charge is 2.25. The molecule has 0 bridgehead atoms. The molecule has 1 aliphatic carbocycles. The number of para-hydroxylation sites is 2. The molecule has 4 rings (SSSR count). The number of amides is 1. The molecule has 0 aliphatic heterocycles.